The van der Waals surface area contributed by atoms with Crippen LogP contribution in [0.25, 0.3) is 0 Å². The van der Waals surface area contributed by atoms with Crippen molar-refractivity contribution in [3.8, 4) is 0 Å². The van der Waals surface area contributed by atoms with Crippen molar-refractivity contribution < 1.29 is 28.6 Å². The first-order valence-corrected chi connectivity index (χ1v) is 32.4. The van der Waals surface area contributed by atoms with E-state index in [1.165, 1.54) is 12.8 Å². The summed E-state index contributed by atoms with van der Waals surface area (Å²) >= 11 is 0. The van der Waals surface area contributed by atoms with Crippen molar-refractivity contribution in [1.29, 1.82) is 0 Å². The van der Waals surface area contributed by atoms with E-state index in [1.807, 2.05) is 0 Å². The van der Waals surface area contributed by atoms with Crippen molar-refractivity contribution in [1.82, 2.24) is 0 Å². The number of carbonyl (C=O) groups is 3. The molecular weight excluding hydrogens is 1010 g/mol. The average Bonchev–Trinajstić information content (AvgIpc) is 3.48. The number of hydrogen-bond acceptors (Lipinski definition) is 6. The van der Waals surface area contributed by atoms with E-state index in [-0.39, 0.29) is 37.5 Å². The Kier molecular flexibility index (Phi) is 63.0. The zero-order chi connectivity index (χ0) is 59.2. The molecule has 1 unspecified atom stereocenters. The molecule has 0 saturated heterocycles. The summed E-state index contributed by atoms with van der Waals surface area (Å²) in [5.41, 5.74) is 0. The van der Waals surface area contributed by atoms with Crippen molar-refractivity contribution in [2.24, 2.45) is 0 Å². The minimum Gasteiger partial charge on any atom is -0.462 e. The van der Waals surface area contributed by atoms with Gasteiger partial charge in [-0.15, -0.1) is 0 Å². The lowest BCUT2D eigenvalue weighted by Gasteiger charge is -2.18. The van der Waals surface area contributed by atoms with Crippen LogP contribution in [0, 0.1) is 0 Å². The van der Waals surface area contributed by atoms with Crippen molar-refractivity contribution in [3.05, 3.63) is 194 Å². The largest absolute Gasteiger partial charge is 0.462 e. The highest BCUT2D eigenvalue weighted by Crippen LogP contribution is 2.13. The van der Waals surface area contributed by atoms with Crippen molar-refractivity contribution >= 4 is 17.9 Å². The van der Waals surface area contributed by atoms with Gasteiger partial charge in [-0.05, 0) is 161 Å². The molecule has 0 fully saturated rings. The van der Waals surface area contributed by atoms with Crippen molar-refractivity contribution in [3.63, 3.8) is 0 Å². The van der Waals surface area contributed by atoms with Gasteiger partial charge in [0.2, 0.25) is 0 Å². The quantitative estimate of drug-likeness (QED) is 0.0261. The average molecular weight is 1130 g/mol. The van der Waals surface area contributed by atoms with Gasteiger partial charge in [0.25, 0.3) is 0 Å². The number of esters is 3. The lowest BCUT2D eigenvalue weighted by molar-refractivity contribution is -0.167. The molecule has 0 aliphatic carbocycles. The van der Waals surface area contributed by atoms with Gasteiger partial charge in [-0.3, -0.25) is 14.4 Å². The van der Waals surface area contributed by atoms with Crippen LogP contribution in [0.2, 0.25) is 0 Å². The monoisotopic (exact) mass is 1120 g/mol. The second kappa shape index (κ2) is 67.8. The van der Waals surface area contributed by atoms with Gasteiger partial charge in [-0.1, -0.05) is 260 Å². The van der Waals surface area contributed by atoms with Crippen LogP contribution in [0.15, 0.2) is 194 Å². The van der Waals surface area contributed by atoms with E-state index in [4.69, 9.17) is 14.2 Å². The van der Waals surface area contributed by atoms with Crippen LogP contribution in [0.5, 0.6) is 0 Å². The molecule has 456 valence electrons. The van der Waals surface area contributed by atoms with Crippen LogP contribution in [0.4, 0.5) is 0 Å². The summed E-state index contributed by atoms with van der Waals surface area (Å²) in [6.45, 7) is 6.27. The Morgan fingerprint density at radius 3 is 0.780 bits per heavy atom. The van der Waals surface area contributed by atoms with Gasteiger partial charge in [-0.2, -0.15) is 0 Å². The third-order valence-corrected chi connectivity index (χ3v) is 12.8. The zero-order valence-corrected chi connectivity index (χ0v) is 52.2. The molecular formula is C76H116O6. The first-order valence-electron chi connectivity index (χ1n) is 32.4. The highest BCUT2D eigenvalue weighted by molar-refractivity contribution is 5.71. The van der Waals surface area contributed by atoms with E-state index in [0.717, 1.165) is 186 Å². The standard InChI is InChI=1S/C76H116O6/c1-4-7-10-13-16-19-22-24-26-28-30-32-33-34-35-36-37-38-39-40-41-42-43-45-46-48-50-52-54-57-60-63-66-69-75(78)81-72-73(71-80-74(77)68-65-62-59-56-21-18-15-12-9-6-3)82-76(79)70-67-64-61-58-55-53-51-49-47-44-31-29-27-25-23-20-17-14-11-8-5-2/h7-8,10-12,15-17,19-20,24-27,30-32,34-35,37-38,40-41,43-45,48-51,55,58,73H,4-6,9,13-14,18,21-23,28-29,33,36,39,42,46-47,52-54,56-57,59-72H2,1-3H3/b10-7-,11-8-,15-12-,19-16-,20-17-,26-24-,27-25-,32-30-,35-34-,38-37-,41-40-,44-31-,45-43-,50-48-,51-49-,58-55-. The van der Waals surface area contributed by atoms with Crippen LogP contribution in [0.1, 0.15) is 245 Å². The third kappa shape index (κ3) is 65.1. The fourth-order valence-corrected chi connectivity index (χ4v) is 8.03. The number of ether oxygens (including phenoxy) is 3. The van der Waals surface area contributed by atoms with Gasteiger partial charge in [0.05, 0.1) is 0 Å². The van der Waals surface area contributed by atoms with Crippen LogP contribution >= 0.6 is 0 Å². The molecule has 0 heterocycles. The Morgan fingerprint density at radius 1 is 0.256 bits per heavy atom. The Morgan fingerprint density at radius 2 is 0.476 bits per heavy atom. The predicted octanol–water partition coefficient (Wildman–Crippen LogP) is 22.6. The summed E-state index contributed by atoms with van der Waals surface area (Å²) in [6, 6.07) is 0. The van der Waals surface area contributed by atoms with Gasteiger partial charge >= 0.3 is 17.9 Å². The van der Waals surface area contributed by atoms with E-state index < -0.39 is 6.10 Å². The summed E-state index contributed by atoms with van der Waals surface area (Å²) in [6.07, 6.45) is 103. The third-order valence-electron chi connectivity index (χ3n) is 12.8. The second-order valence-corrected chi connectivity index (χ2v) is 20.5. The summed E-state index contributed by atoms with van der Waals surface area (Å²) in [4.78, 5) is 38.2. The molecule has 0 aromatic heterocycles. The molecule has 0 aromatic rings. The predicted molar refractivity (Wildman–Crippen MR) is 357 cm³/mol. The zero-order valence-electron chi connectivity index (χ0n) is 52.2. The van der Waals surface area contributed by atoms with Gasteiger partial charge in [0.1, 0.15) is 13.2 Å². The van der Waals surface area contributed by atoms with E-state index in [9.17, 15) is 14.4 Å². The fraction of sp³-hybridized carbons (Fsp3) is 0.539. The molecule has 0 bridgehead atoms. The summed E-state index contributed by atoms with van der Waals surface area (Å²) < 4.78 is 16.8. The van der Waals surface area contributed by atoms with Gasteiger partial charge in [0.15, 0.2) is 6.10 Å². The number of unbranched alkanes of at least 4 members (excludes halogenated alkanes) is 13. The van der Waals surface area contributed by atoms with Crippen LogP contribution in [-0.2, 0) is 28.6 Å². The van der Waals surface area contributed by atoms with Crippen LogP contribution in [0.3, 0.4) is 0 Å². The first-order chi connectivity index (χ1) is 40.5. The Labute approximate surface area is 503 Å². The smallest absolute Gasteiger partial charge is 0.306 e. The number of carbonyl (C=O) groups excluding carboxylic acids is 3. The maximum Gasteiger partial charge on any atom is 0.306 e. The molecule has 0 radical (unpaired) electrons. The number of allylic oxidation sites excluding steroid dienone is 32. The molecule has 6 nitrogen and oxygen atoms in total. The van der Waals surface area contributed by atoms with Gasteiger partial charge in [-0.25, -0.2) is 0 Å². The summed E-state index contributed by atoms with van der Waals surface area (Å²) in [5.74, 6) is -1.00. The molecule has 6 heteroatoms. The van der Waals surface area contributed by atoms with Gasteiger partial charge in [0, 0.05) is 19.3 Å². The molecule has 0 aliphatic heterocycles. The molecule has 0 N–H and O–H groups in total. The molecule has 0 spiro atoms. The van der Waals surface area contributed by atoms with E-state index in [1.54, 1.807) is 0 Å². The Hall–Kier alpha value is -5.75. The first kappa shape index (κ1) is 76.2. The van der Waals surface area contributed by atoms with Crippen LogP contribution in [-0.4, -0.2) is 37.2 Å². The van der Waals surface area contributed by atoms with Gasteiger partial charge < -0.3 is 14.2 Å². The topological polar surface area (TPSA) is 78.9 Å². The minimum atomic E-state index is -0.825. The maximum absolute atomic E-state index is 12.9. The molecule has 0 rings (SSSR count). The Bertz CT molecular complexity index is 1970. The second-order valence-electron chi connectivity index (χ2n) is 20.5. The maximum atomic E-state index is 12.9. The van der Waals surface area contributed by atoms with Crippen molar-refractivity contribution in [2.75, 3.05) is 13.2 Å². The number of rotatable bonds is 56. The molecule has 0 aliphatic rings. The highest BCUT2D eigenvalue weighted by Gasteiger charge is 2.19. The SMILES string of the molecule is CC/C=C\C/C=C\C/C=C\C/C=C\C/C=C\C/C=C\C/C=C\C/C=C\C/C=C\CCCCCCCC(=O)OCC(COC(=O)CCCCCCC/C=C\CCC)OC(=O)CCCC/C=C\C/C=C\C/C=C\C/C=C\C/C=C\C/C=C\CC. The van der Waals surface area contributed by atoms with E-state index in [2.05, 4.69) is 215 Å². The minimum absolute atomic E-state index is 0.116. The molecule has 0 amide bonds. The molecule has 0 saturated carbocycles. The highest BCUT2D eigenvalue weighted by atomic mass is 16.6. The van der Waals surface area contributed by atoms with Crippen molar-refractivity contribution in [2.45, 2.75) is 252 Å². The van der Waals surface area contributed by atoms with E-state index in [0.29, 0.717) is 19.3 Å². The fourth-order valence-electron chi connectivity index (χ4n) is 8.03. The summed E-state index contributed by atoms with van der Waals surface area (Å²) in [7, 11) is 0. The number of hydrogen-bond donors (Lipinski definition) is 0. The molecule has 82 heavy (non-hydrogen) atoms. The lowest BCUT2D eigenvalue weighted by Crippen LogP contribution is -2.30. The summed E-state index contributed by atoms with van der Waals surface area (Å²) in [5, 5.41) is 0. The lowest BCUT2D eigenvalue weighted by atomic mass is 10.1. The van der Waals surface area contributed by atoms with E-state index >= 15 is 0 Å². The normalized spacial score (nSPS) is 13.5. The Balaban J connectivity index is 4.39. The molecule has 1 atom stereocenters. The molecule has 0 aromatic carbocycles. The van der Waals surface area contributed by atoms with Crippen LogP contribution < -0.4 is 0 Å².